The number of carbonyl (C=O) groups excluding carboxylic acids is 1. The lowest BCUT2D eigenvalue weighted by atomic mass is 9.82. The van der Waals surface area contributed by atoms with Crippen molar-refractivity contribution in [3.05, 3.63) is 126 Å². The average Bonchev–Trinajstić information content (AvgIpc) is 3.46. The summed E-state index contributed by atoms with van der Waals surface area (Å²) in [6.45, 7) is 4.02. The zero-order valence-corrected chi connectivity index (χ0v) is 22.3. The van der Waals surface area contributed by atoms with Gasteiger partial charge in [0.05, 0.1) is 17.8 Å². The molecule has 0 saturated heterocycles. The summed E-state index contributed by atoms with van der Waals surface area (Å²) in [5, 5.41) is 3.39. The molecule has 2 N–H and O–H groups in total. The average molecular weight is 533 g/mol. The minimum atomic E-state index is -4.07. The van der Waals surface area contributed by atoms with E-state index in [1.54, 1.807) is 31.2 Å². The predicted octanol–water partition coefficient (Wildman–Crippen LogP) is 4.94. The Labute approximate surface area is 223 Å². The largest absolute Gasteiger partial charge is 0.468 e. The van der Waals surface area contributed by atoms with Gasteiger partial charge in [-0.15, -0.1) is 0 Å². The van der Waals surface area contributed by atoms with Crippen LogP contribution in [0.15, 0.2) is 113 Å². The van der Waals surface area contributed by atoms with E-state index in [9.17, 15) is 13.2 Å². The molecule has 2 unspecified atom stereocenters. The molecule has 1 heterocycles. The molecule has 0 radical (unpaired) electrons. The molecule has 0 bridgehead atoms. The van der Waals surface area contributed by atoms with E-state index >= 15 is 0 Å². The number of aryl methyl sites for hydroxylation is 1. The van der Waals surface area contributed by atoms with Gasteiger partial charge in [0.15, 0.2) is 0 Å². The van der Waals surface area contributed by atoms with Crippen LogP contribution in [0.25, 0.3) is 0 Å². The number of rotatable bonds is 12. The number of hydrogen-bond acceptors (Lipinski definition) is 6. The lowest BCUT2D eigenvalue weighted by Crippen LogP contribution is -2.62. The number of ether oxygens (including phenoxy) is 1. The third kappa shape index (κ3) is 6.39. The summed E-state index contributed by atoms with van der Waals surface area (Å²) in [5.74, 6) is -0.307. The topological polar surface area (TPSA) is 97.6 Å². The number of nitrogens with one attached hydrogen (secondary N) is 2. The normalized spacial score (nSPS) is 13.9. The number of sulfonamides is 1. The highest BCUT2D eigenvalue weighted by atomic mass is 32.2. The van der Waals surface area contributed by atoms with Gasteiger partial charge in [0.2, 0.25) is 10.0 Å². The molecule has 2 atom stereocenters. The van der Waals surface area contributed by atoms with Crippen LogP contribution in [0.3, 0.4) is 0 Å². The van der Waals surface area contributed by atoms with Gasteiger partial charge in [-0.05, 0) is 49.2 Å². The Morgan fingerprint density at radius 3 is 2.11 bits per heavy atom. The maximum absolute atomic E-state index is 13.9. The number of carbonyl (C=O) groups is 1. The van der Waals surface area contributed by atoms with Crippen LogP contribution in [0.4, 0.5) is 0 Å². The minimum Gasteiger partial charge on any atom is -0.468 e. The third-order valence-corrected chi connectivity index (χ3v) is 7.78. The van der Waals surface area contributed by atoms with Crippen molar-refractivity contribution in [3.63, 3.8) is 0 Å². The molecule has 7 nitrogen and oxygen atoms in total. The molecule has 0 fully saturated rings. The van der Waals surface area contributed by atoms with Gasteiger partial charge in [0, 0.05) is 13.0 Å². The summed E-state index contributed by atoms with van der Waals surface area (Å²) in [6.07, 6.45) is 1.60. The summed E-state index contributed by atoms with van der Waals surface area (Å²) < 4.78 is 41.5. The molecule has 3 aromatic carbocycles. The molecule has 0 aliphatic rings. The summed E-state index contributed by atoms with van der Waals surface area (Å²) >= 11 is 0. The van der Waals surface area contributed by atoms with Gasteiger partial charge in [-0.1, -0.05) is 78.4 Å². The fourth-order valence-corrected chi connectivity index (χ4v) is 5.62. The second-order valence-electron chi connectivity index (χ2n) is 9.08. The first kappa shape index (κ1) is 27.3. The molecule has 4 aromatic rings. The molecule has 0 saturated carbocycles. The molecule has 1 aromatic heterocycles. The Morgan fingerprint density at radius 2 is 1.53 bits per heavy atom. The van der Waals surface area contributed by atoms with Gasteiger partial charge < -0.3 is 9.15 Å². The van der Waals surface area contributed by atoms with Crippen LogP contribution in [0.1, 0.15) is 35.4 Å². The van der Waals surface area contributed by atoms with Gasteiger partial charge in [-0.3, -0.25) is 5.32 Å². The van der Waals surface area contributed by atoms with Gasteiger partial charge >= 0.3 is 5.97 Å². The highest BCUT2D eigenvalue weighted by molar-refractivity contribution is 7.89. The van der Waals surface area contributed by atoms with Crippen molar-refractivity contribution in [2.45, 2.75) is 43.3 Å². The lowest BCUT2D eigenvalue weighted by Gasteiger charge is -2.39. The van der Waals surface area contributed by atoms with Crippen molar-refractivity contribution >= 4 is 16.0 Å². The smallest absolute Gasteiger partial charge is 0.328 e. The van der Waals surface area contributed by atoms with E-state index in [1.165, 1.54) is 18.4 Å². The van der Waals surface area contributed by atoms with Crippen molar-refractivity contribution in [1.82, 2.24) is 10.0 Å². The van der Waals surface area contributed by atoms with E-state index in [1.807, 2.05) is 67.6 Å². The molecular weight excluding hydrogens is 500 g/mol. The second-order valence-corrected chi connectivity index (χ2v) is 10.8. The molecule has 8 heteroatoms. The van der Waals surface area contributed by atoms with Crippen LogP contribution in [-0.4, -0.2) is 26.5 Å². The first-order valence-corrected chi connectivity index (χ1v) is 13.9. The maximum atomic E-state index is 13.9. The minimum absolute atomic E-state index is 0.0835. The number of esters is 1. The summed E-state index contributed by atoms with van der Waals surface area (Å²) in [6, 6.07) is 27.7. The van der Waals surface area contributed by atoms with Gasteiger partial charge in [0.1, 0.15) is 17.3 Å². The monoisotopic (exact) mass is 532 g/mol. The van der Waals surface area contributed by atoms with Crippen LogP contribution in [0.5, 0.6) is 0 Å². The highest BCUT2D eigenvalue weighted by Gasteiger charge is 2.50. The van der Waals surface area contributed by atoms with E-state index < -0.39 is 27.6 Å². The highest BCUT2D eigenvalue weighted by Crippen LogP contribution is 2.34. The second kappa shape index (κ2) is 12.2. The Morgan fingerprint density at radius 1 is 0.895 bits per heavy atom. The van der Waals surface area contributed by atoms with E-state index in [-0.39, 0.29) is 30.2 Å². The Hall–Kier alpha value is -3.72. The van der Waals surface area contributed by atoms with E-state index in [4.69, 9.17) is 9.15 Å². The molecule has 0 amide bonds. The van der Waals surface area contributed by atoms with Crippen molar-refractivity contribution in [2.75, 3.05) is 6.61 Å². The van der Waals surface area contributed by atoms with Crippen LogP contribution in [-0.2, 0) is 32.5 Å². The Balaban J connectivity index is 1.86. The lowest BCUT2D eigenvalue weighted by molar-refractivity contribution is -0.153. The molecule has 38 heavy (non-hydrogen) atoms. The SMILES string of the molecule is CCOC(=O)C(Cc1ccccc1)(NCc1ccccc1)C(NS(=O)(=O)c1ccc(C)cc1)c1ccco1. The Kier molecular flexibility index (Phi) is 8.78. The standard InChI is InChI=1S/C30H32N2O5S/c1-3-36-29(33)30(21-24-11-6-4-7-12-24,31-22-25-13-8-5-9-14-25)28(27-15-10-20-37-27)32-38(34,35)26-18-16-23(2)17-19-26/h4-20,28,31-32H,3,21-22H2,1-2H3. The number of benzene rings is 3. The molecule has 0 aliphatic heterocycles. The summed E-state index contributed by atoms with van der Waals surface area (Å²) in [7, 11) is -4.07. The zero-order chi connectivity index (χ0) is 27.0. The molecule has 0 spiro atoms. The van der Waals surface area contributed by atoms with Crippen LogP contribution < -0.4 is 10.0 Å². The van der Waals surface area contributed by atoms with Crippen molar-refractivity contribution in [2.24, 2.45) is 0 Å². The molecular formula is C30H32N2O5S. The van der Waals surface area contributed by atoms with E-state index in [0.717, 1.165) is 16.7 Å². The first-order valence-electron chi connectivity index (χ1n) is 12.5. The third-order valence-electron chi connectivity index (χ3n) is 6.34. The van der Waals surface area contributed by atoms with Gasteiger partial charge in [0.25, 0.3) is 0 Å². The fourth-order valence-electron chi connectivity index (χ4n) is 4.36. The number of furan rings is 1. The zero-order valence-electron chi connectivity index (χ0n) is 21.5. The van der Waals surface area contributed by atoms with Crippen molar-refractivity contribution in [1.29, 1.82) is 0 Å². The fraction of sp³-hybridized carbons (Fsp3) is 0.233. The molecule has 4 rings (SSSR count). The number of hydrogen-bond donors (Lipinski definition) is 2. The van der Waals surface area contributed by atoms with Crippen molar-refractivity contribution in [3.8, 4) is 0 Å². The van der Waals surface area contributed by atoms with Crippen LogP contribution in [0, 0.1) is 6.92 Å². The summed E-state index contributed by atoms with van der Waals surface area (Å²) in [4.78, 5) is 14.0. The molecule has 0 aliphatic carbocycles. The molecule has 198 valence electrons. The Bertz CT molecular complexity index is 1410. The quantitative estimate of drug-likeness (QED) is 0.251. The van der Waals surface area contributed by atoms with E-state index in [0.29, 0.717) is 0 Å². The first-order chi connectivity index (χ1) is 18.3. The van der Waals surface area contributed by atoms with Gasteiger partial charge in [-0.2, -0.15) is 4.72 Å². The van der Waals surface area contributed by atoms with Crippen LogP contribution in [0.2, 0.25) is 0 Å². The van der Waals surface area contributed by atoms with E-state index in [2.05, 4.69) is 10.0 Å². The van der Waals surface area contributed by atoms with Crippen molar-refractivity contribution < 1.29 is 22.4 Å². The summed E-state index contributed by atoms with van der Waals surface area (Å²) in [5.41, 5.74) is 1.13. The van der Waals surface area contributed by atoms with Crippen LogP contribution >= 0.6 is 0 Å². The maximum Gasteiger partial charge on any atom is 0.328 e. The van der Waals surface area contributed by atoms with Gasteiger partial charge in [-0.25, -0.2) is 13.2 Å². The predicted molar refractivity (Wildman–Crippen MR) is 146 cm³/mol.